The fourth-order valence-corrected chi connectivity index (χ4v) is 12.4. The van der Waals surface area contributed by atoms with Crippen LogP contribution in [0.3, 0.4) is 0 Å². The Morgan fingerprint density at radius 1 is 0.447 bits per heavy atom. The molecule has 0 fully saturated rings. The van der Waals surface area contributed by atoms with Crippen molar-refractivity contribution in [1.29, 1.82) is 0 Å². The SMILES string of the molecule is CC(C)(C)OC(=O)NC/C(=C\F)COc1ccc2nc(NC(C)(C)c3ccccc3)oc2c1.CC(C)(Nc1nc2ccc(O)cc2o1)c1ccccc1.CC(C)(Nc1nc2ccc(OC/C(=C/F)CN)cc2o1)c1ccccc1.COc1ccc2nc(Cl)oc2c1.COc1ccc2nc(NC(C)(C)c3ccccc3)oc2c1.Cc1ccc(S(=O)(=O)O)cc1. The molecule has 15 rings (SSSR count). The number of rotatable bonds is 24. The van der Waals surface area contributed by atoms with E-state index in [-0.39, 0.29) is 70.0 Å². The van der Waals surface area contributed by atoms with Gasteiger partial charge in [0.05, 0.1) is 53.9 Å². The number of hydrogen-bond acceptors (Lipinski definition) is 24. The number of phenolic OH excluding ortho intramolecular Hbond substituents is 1. The van der Waals surface area contributed by atoms with Gasteiger partial charge < -0.3 is 83.2 Å². The fourth-order valence-electron chi connectivity index (χ4n) is 11.7. The Morgan fingerprint density at radius 3 is 1.10 bits per heavy atom. The maximum atomic E-state index is 13.2. The number of anilines is 4. The third-order valence-corrected chi connectivity index (χ3v) is 19.5. The number of nitrogens with two attached hydrogens (primary N) is 1. The Hall–Kier alpha value is -13.5. The van der Waals surface area contributed by atoms with Crippen LogP contribution < -0.4 is 51.3 Å². The summed E-state index contributed by atoms with van der Waals surface area (Å²) in [7, 11) is -0.789. The second-order valence-electron chi connectivity index (χ2n) is 31.0. The first-order valence-corrected chi connectivity index (χ1v) is 40.6. The van der Waals surface area contributed by atoms with Crippen LogP contribution in [0.4, 0.5) is 37.6 Å². The molecular formula is C93H100ClF2N11O15S. The smallest absolute Gasteiger partial charge is 0.407 e. The summed E-state index contributed by atoms with van der Waals surface area (Å²) < 4.78 is 110. The molecule has 0 saturated carbocycles. The van der Waals surface area contributed by atoms with Crippen LogP contribution in [0.25, 0.3) is 55.5 Å². The summed E-state index contributed by atoms with van der Waals surface area (Å²) >= 11 is 5.56. The van der Waals surface area contributed by atoms with Gasteiger partial charge >= 0.3 is 6.09 Å². The minimum Gasteiger partial charge on any atom is -0.508 e. The monoisotopic (exact) mass is 1720 g/mol. The number of hydrogen-bond donors (Lipinski definition) is 8. The Kier molecular flexibility index (Phi) is 30.7. The number of halogens is 3. The largest absolute Gasteiger partial charge is 0.508 e. The first-order chi connectivity index (χ1) is 58.5. The molecule has 0 aliphatic carbocycles. The van der Waals surface area contributed by atoms with Crippen molar-refractivity contribution in [2.24, 2.45) is 5.73 Å². The molecule has 0 saturated heterocycles. The Balaban J connectivity index is 0.000000160. The Morgan fingerprint density at radius 2 is 0.764 bits per heavy atom. The predicted octanol–water partition coefficient (Wildman–Crippen LogP) is 22.1. The normalized spacial score (nSPS) is 11.9. The fraction of sp³-hybridized carbons (Fsp3) is 0.247. The highest BCUT2D eigenvalue weighted by Crippen LogP contribution is 2.35. The molecule has 30 heteroatoms. The van der Waals surface area contributed by atoms with E-state index < -0.39 is 21.8 Å². The topological polar surface area (TPSA) is 354 Å². The van der Waals surface area contributed by atoms with Crippen molar-refractivity contribution in [1.82, 2.24) is 30.2 Å². The number of fused-ring (bicyclic) bond motifs is 5. The molecule has 0 aliphatic heterocycles. The number of nitrogens with zero attached hydrogens (tertiary/aromatic N) is 5. The zero-order chi connectivity index (χ0) is 88.7. The van der Waals surface area contributed by atoms with Crippen molar-refractivity contribution < 1.29 is 77.4 Å². The Labute approximate surface area is 716 Å². The molecule has 26 nitrogen and oxygen atoms in total. The van der Waals surface area contributed by atoms with Gasteiger partial charge in [0.2, 0.25) is 0 Å². The molecular weight excluding hydrogens is 1620 g/mol. The first kappa shape index (κ1) is 91.8. The lowest BCUT2D eigenvalue weighted by Crippen LogP contribution is -2.34. The number of aromatic hydroxyl groups is 1. The van der Waals surface area contributed by atoms with Crippen LogP contribution in [0.15, 0.2) is 287 Å². The Bertz CT molecular complexity index is 6140. The van der Waals surface area contributed by atoms with Gasteiger partial charge in [0.25, 0.3) is 39.5 Å². The van der Waals surface area contributed by atoms with E-state index in [2.05, 4.69) is 129 Å². The van der Waals surface area contributed by atoms with Crippen molar-refractivity contribution in [2.75, 3.05) is 61.8 Å². The number of benzene rings is 10. The summed E-state index contributed by atoms with van der Waals surface area (Å²) in [4.78, 5) is 33.4. The summed E-state index contributed by atoms with van der Waals surface area (Å²) in [6.07, 6.45) is 0.266. The number of carbonyl (C=O) groups excluding carboxylic acids is 1. The van der Waals surface area contributed by atoms with Gasteiger partial charge in [-0.2, -0.15) is 33.3 Å². The highest BCUT2D eigenvalue weighted by Gasteiger charge is 2.27. The molecule has 0 bridgehead atoms. The molecule has 123 heavy (non-hydrogen) atoms. The average molecular weight is 1720 g/mol. The van der Waals surface area contributed by atoms with Crippen LogP contribution in [-0.4, -0.2) is 95.2 Å². The van der Waals surface area contributed by atoms with E-state index in [1.807, 2.05) is 124 Å². The molecule has 10 aromatic carbocycles. The number of carbonyl (C=O) groups is 1. The summed E-state index contributed by atoms with van der Waals surface area (Å²) in [6.45, 7) is 23.8. The van der Waals surface area contributed by atoms with Crippen molar-refractivity contribution in [3.05, 3.63) is 294 Å². The van der Waals surface area contributed by atoms with Crippen LogP contribution in [0.2, 0.25) is 5.35 Å². The van der Waals surface area contributed by atoms with Crippen LogP contribution in [0.1, 0.15) is 104 Å². The zero-order valence-corrected chi connectivity index (χ0v) is 72.1. The van der Waals surface area contributed by atoms with Crippen LogP contribution in [0.5, 0.6) is 28.7 Å². The molecule has 5 heterocycles. The summed E-state index contributed by atoms with van der Waals surface area (Å²) in [5.74, 6) is 2.71. The third kappa shape index (κ3) is 27.0. The van der Waals surface area contributed by atoms with Gasteiger partial charge in [-0.15, -0.1) is 0 Å². The molecule has 0 spiro atoms. The second-order valence-corrected chi connectivity index (χ2v) is 32.8. The predicted molar refractivity (Wildman–Crippen MR) is 476 cm³/mol. The molecule has 1 amide bonds. The third-order valence-electron chi connectivity index (χ3n) is 18.5. The minimum absolute atomic E-state index is 0.0292. The van der Waals surface area contributed by atoms with Crippen LogP contribution >= 0.6 is 11.6 Å². The molecule has 644 valence electrons. The number of amides is 1. The highest BCUT2D eigenvalue weighted by molar-refractivity contribution is 7.85. The minimum atomic E-state index is -4.02. The van der Waals surface area contributed by atoms with E-state index >= 15 is 0 Å². The number of alkyl carbamates (subject to hydrolysis) is 1. The maximum absolute atomic E-state index is 13.2. The van der Waals surface area contributed by atoms with Gasteiger partial charge in [-0.05, 0) is 190 Å². The number of methoxy groups -OCH3 is 2. The number of oxazole rings is 5. The van der Waals surface area contributed by atoms with E-state index in [1.54, 1.807) is 120 Å². The molecule has 0 atom stereocenters. The zero-order valence-electron chi connectivity index (χ0n) is 70.6. The van der Waals surface area contributed by atoms with Gasteiger partial charge in [-0.25, -0.2) is 13.6 Å². The van der Waals surface area contributed by atoms with Gasteiger partial charge in [-0.3, -0.25) is 4.55 Å². The number of ether oxygens (including phenoxy) is 5. The lowest BCUT2D eigenvalue weighted by molar-refractivity contribution is 0.0531. The van der Waals surface area contributed by atoms with Gasteiger partial charge in [-0.1, -0.05) is 139 Å². The van der Waals surface area contributed by atoms with Crippen molar-refractivity contribution in [3.8, 4) is 28.7 Å². The van der Waals surface area contributed by atoms with E-state index in [9.17, 15) is 27.1 Å². The average Bonchev–Trinajstić information content (AvgIpc) is 1.75. The summed E-state index contributed by atoms with van der Waals surface area (Å²) in [5, 5.41) is 25.4. The molecule has 15 aromatic rings. The maximum Gasteiger partial charge on any atom is 0.407 e. The number of nitrogens with one attached hydrogen (secondary N) is 5. The number of aryl methyl sites for hydroxylation is 1. The van der Waals surface area contributed by atoms with E-state index in [4.69, 9.17) is 67.7 Å². The van der Waals surface area contributed by atoms with Crippen LogP contribution in [-0.2, 0) is 37.0 Å². The lowest BCUT2D eigenvalue weighted by atomic mass is 9.95. The first-order valence-electron chi connectivity index (χ1n) is 38.8. The molecule has 0 unspecified atom stereocenters. The molecule has 0 aliphatic rings. The van der Waals surface area contributed by atoms with Gasteiger partial charge in [0.15, 0.2) is 27.9 Å². The lowest BCUT2D eigenvalue weighted by Gasteiger charge is -2.25. The quantitative estimate of drug-likeness (QED) is 0.0261. The van der Waals surface area contributed by atoms with E-state index in [0.717, 1.165) is 44.8 Å². The highest BCUT2D eigenvalue weighted by atomic mass is 35.5. The van der Waals surface area contributed by atoms with Gasteiger partial charge in [0.1, 0.15) is 75.1 Å². The summed E-state index contributed by atoms with van der Waals surface area (Å²) in [5.41, 5.74) is 16.3. The number of phenols is 1. The van der Waals surface area contributed by atoms with Crippen LogP contribution in [0, 0.1) is 6.92 Å². The van der Waals surface area contributed by atoms with Crippen molar-refractivity contribution >= 4 is 107 Å². The van der Waals surface area contributed by atoms with E-state index in [1.165, 1.54) is 17.7 Å². The standard InChI is InChI=1S/C25H30FN3O4.C20H22FN3O2.C17H18N2O2.C16H16N2O2.C8H6ClNO2.C7H8O3S/c1-24(2,3)33-23(30)27-15-17(14-26)16-31-19-11-12-20-21(13-19)32-22(28-20)29-25(4,5)18-9-7-6-8-10-18;1-20(2,15-6-4-3-5-7-15)24-19-23-17-9-8-16(10-18(17)26-19)25-13-14(11-21)12-22;1-17(2,12-7-5-4-6-8-12)19-16-18-14-10-9-13(20-3)11-15(14)21-16;1-16(2,11-6-4-3-5-7-11)18-15-17-13-9-8-12(19)10-14(13)20-15;1-11-5-2-3-6-7(4-5)12-8(9)10-6;1-6-2-4-7(5-3-6)11(8,9)10/h6-14H,15-16H2,1-5H3,(H,27,30)(H,28,29);3-11H,12-13,22H2,1-2H3,(H,23,24);4-11H,1-3H3,(H,18,19);3-10,19H,1-2H3,(H,17,18);2-4H,1H3;2-5H,1H3,(H,8,9,10)/b17-14+;14-11+;;;;. The van der Waals surface area contributed by atoms with E-state index in [0.29, 0.717) is 98.3 Å². The summed E-state index contributed by atoms with van der Waals surface area (Å²) in [6, 6.07) is 74.5. The molecule has 0 radical (unpaired) electrons. The van der Waals surface area contributed by atoms with Crippen molar-refractivity contribution in [2.45, 2.75) is 116 Å². The van der Waals surface area contributed by atoms with Crippen molar-refractivity contribution in [3.63, 3.8) is 0 Å². The molecule has 5 aromatic heterocycles. The second kappa shape index (κ2) is 41.2. The van der Waals surface area contributed by atoms with Gasteiger partial charge in [0, 0.05) is 54.6 Å². The number of aromatic nitrogens is 5. The molecule has 9 N–H and O–H groups in total.